The summed E-state index contributed by atoms with van der Waals surface area (Å²) in [6, 6.07) is 2.85. The van der Waals surface area contributed by atoms with Crippen LogP contribution in [-0.4, -0.2) is 69.2 Å². The van der Waals surface area contributed by atoms with Gasteiger partial charge in [-0.25, -0.2) is 4.79 Å². The molecule has 2 fully saturated rings. The lowest BCUT2D eigenvalue weighted by atomic mass is 9.75. The van der Waals surface area contributed by atoms with Crippen LogP contribution in [0.5, 0.6) is 0 Å². The molecule has 0 bridgehead atoms. The Morgan fingerprint density at radius 2 is 1.85 bits per heavy atom. The van der Waals surface area contributed by atoms with Crippen molar-refractivity contribution in [3.05, 3.63) is 23.8 Å². The second kappa shape index (κ2) is 6.87. The molecule has 2 aliphatic heterocycles. The van der Waals surface area contributed by atoms with Crippen molar-refractivity contribution >= 4 is 24.2 Å². The van der Waals surface area contributed by atoms with Gasteiger partial charge in [-0.15, -0.1) is 0 Å². The van der Waals surface area contributed by atoms with Crippen molar-refractivity contribution in [2.24, 2.45) is 0 Å². The minimum absolute atomic E-state index is 0.107. The molecule has 2 saturated heterocycles. The number of ether oxygens (including phenoxy) is 1. The maximum Gasteiger partial charge on any atom is 0.495 e. The molecule has 3 rings (SSSR count). The van der Waals surface area contributed by atoms with E-state index in [0.29, 0.717) is 0 Å². The molecule has 0 atom stereocenters. The third-order valence-corrected chi connectivity index (χ3v) is 4.66. The molecule has 1 aromatic rings. The lowest BCUT2D eigenvalue weighted by Crippen LogP contribution is -2.45. The van der Waals surface area contributed by atoms with Crippen LogP contribution >= 0.6 is 0 Å². The molecular formula is C19H29BN2O4. The smallest absolute Gasteiger partial charge is 0.465 e. The summed E-state index contributed by atoms with van der Waals surface area (Å²) in [5.41, 5.74) is -3.14. The van der Waals surface area contributed by atoms with Crippen molar-refractivity contribution in [2.45, 2.75) is 38.9 Å². The lowest BCUT2D eigenvalue weighted by molar-refractivity contribution is 0.00578. The molecule has 6 nitrogen and oxygen atoms in total. The van der Waals surface area contributed by atoms with Crippen LogP contribution in [-0.2, 0) is 14.0 Å². The van der Waals surface area contributed by atoms with Crippen LogP contribution in [0.1, 0.15) is 57.2 Å². The second-order valence-corrected chi connectivity index (χ2v) is 6.87. The number of likely N-dealkylation sites (N-methyl/N-ethyl adjacent to an activating group) is 1. The highest BCUT2D eigenvalue weighted by molar-refractivity contribution is 6.63. The van der Waals surface area contributed by atoms with Crippen LogP contribution in [0.3, 0.4) is 0 Å². The molecule has 0 unspecified atom stereocenters. The molecular weight excluding hydrogens is 331 g/mol. The Balaban J connectivity index is 2.28. The van der Waals surface area contributed by atoms with Gasteiger partial charge in [0.2, 0.25) is 0 Å². The van der Waals surface area contributed by atoms with Gasteiger partial charge in [0, 0.05) is 41.3 Å². The predicted molar refractivity (Wildman–Crippen MR) is 103 cm³/mol. The molecule has 0 aromatic heterocycles. The van der Waals surface area contributed by atoms with Gasteiger partial charge in [-0.2, -0.15) is 0 Å². The van der Waals surface area contributed by atoms with Gasteiger partial charge in [0.1, 0.15) is 0 Å². The van der Waals surface area contributed by atoms with E-state index in [1.54, 1.807) is 27.7 Å². The van der Waals surface area contributed by atoms with Gasteiger partial charge in [0.05, 0.1) is 33.4 Å². The van der Waals surface area contributed by atoms with Crippen molar-refractivity contribution in [3.63, 3.8) is 0 Å². The zero-order valence-corrected chi connectivity index (χ0v) is 14.8. The van der Waals surface area contributed by atoms with E-state index in [4.69, 9.17) is 28.5 Å². The summed E-state index contributed by atoms with van der Waals surface area (Å²) in [4.78, 5) is 12.5. The molecule has 0 aliphatic carbocycles. The zero-order valence-electron chi connectivity index (χ0n) is 28.8. The molecule has 0 radical (unpaired) electrons. The van der Waals surface area contributed by atoms with E-state index in [9.17, 15) is 4.79 Å². The maximum absolute atomic E-state index is 12.8. The number of hydrogen-bond acceptors (Lipinski definition) is 6. The molecule has 0 amide bonds. The first-order valence-corrected chi connectivity index (χ1v) is 7.86. The molecule has 0 spiro atoms. The quantitative estimate of drug-likeness (QED) is 0.591. The van der Waals surface area contributed by atoms with Crippen molar-refractivity contribution in [1.29, 1.82) is 0 Å². The molecule has 7 heteroatoms. The summed E-state index contributed by atoms with van der Waals surface area (Å²) in [7, 11) is -4.55. The molecule has 0 saturated carbocycles. The number of rotatable bonds is 3. The highest BCUT2D eigenvalue weighted by atomic mass is 16.7. The summed E-state index contributed by atoms with van der Waals surface area (Å²) in [6.07, 6.45) is 0. The van der Waals surface area contributed by atoms with Gasteiger partial charge < -0.3 is 23.8 Å². The van der Waals surface area contributed by atoms with Gasteiger partial charge in [0.25, 0.3) is 0 Å². The van der Waals surface area contributed by atoms with Gasteiger partial charge in [-0.1, -0.05) is 0 Å². The highest BCUT2D eigenvalue weighted by Crippen LogP contribution is 2.37. The number of esters is 1. The summed E-state index contributed by atoms with van der Waals surface area (Å²) in [5.74, 6) is -1.35. The maximum atomic E-state index is 12.8. The Morgan fingerprint density at radius 3 is 2.42 bits per heavy atom. The SMILES string of the molecule is [2H]C([2H])([2H])OC(=O)c1ccc(N2C([2H])([2H])C([2H])([2H])N(C([2H])([2H])[2H])C([2H])([2H])C2([2H])[2H])cc1B1OC(C)(C)C(C)(C)O1. The van der Waals surface area contributed by atoms with Crippen molar-refractivity contribution in [3.8, 4) is 0 Å². The predicted octanol–water partition coefficient (Wildman–Crippen LogP) is 1.52. The largest absolute Gasteiger partial charge is 0.495 e. The molecule has 142 valence electrons. The zero-order chi connectivity index (χ0) is 31.3. The summed E-state index contributed by atoms with van der Waals surface area (Å²) >= 11 is 0. The van der Waals surface area contributed by atoms with E-state index >= 15 is 0 Å². The van der Waals surface area contributed by atoms with Crippen LogP contribution in [0.25, 0.3) is 0 Å². The lowest BCUT2D eigenvalue weighted by Gasteiger charge is -2.34. The van der Waals surface area contributed by atoms with Gasteiger partial charge >= 0.3 is 13.1 Å². The van der Waals surface area contributed by atoms with E-state index in [1.165, 1.54) is 0 Å². The highest BCUT2D eigenvalue weighted by Gasteiger charge is 2.52. The number of benzene rings is 1. The van der Waals surface area contributed by atoms with E-state index in [-0.39, 0.29) is 10.4 Å². The number of piperazine rings is 1. The molecule has 2 aliphatic rings. The van der Waals surface area contributed by atoms with Crippen LogP contribution in [0.4, 0.5) is 5.69 Å². The van der Waals surface area contributed by atoms with Crippen molar-refractivity contribution in [2.75, 3.05) is 44.9 Å². The van der Waals surface area contributed by atoms with Crippen molar-refractivity contribution in [1.82, 2.24) is 4.90 Å². The number of carbonyl (C=O) groups excluding carboxylic acids is 1. The molecule has 1 aromatic carbocycles. The Hall–Kier alpha value is -1.57. The number of methoxy groups -OCH3 is 1. The van der Waals surface area contributed by atoms with Crippen LogP contribution < -0.4 is 10.4 Å². The number of nitrogens with zero attached hydrogens (tertiary/aromatic N) is 2. The van der Waals surface area contributed by atoms with E-state index in [1.807, 2.05) is 0 Å². The number of anilines is 1. The van der Waals surface area contributed by atoms with Crippen LogP contribution in [0.15, 0.2) is 18.2 Å². The molecule has 26 heavy (non-hydrogen) atoms. The standard InChI is InChI=1S/C19H29BN2O4/c1-18(2)19(3,4)26-20(25-18)16-13-14(7-8-15(16)17(23)24-6)22-11-9-21(5)10-12-22/h7-8,13H,9-12H2,1-6H3/i5D3,6D3,9D2,10D2,11D2,12D2. The Labute approximate surface area is 176 Å². The minimum Gasteiger partial charge on any atom is -0.465 e. The van der Waals surface area contributed by atoms with Crippen LogP contribution in [0.2, 0.25) is 0 Å². The van der Waals surface area contributed by atoms with Crippen LogP contribution in [0, 0.1) is 0 Å². The average molecular weight is 374 g/mol. The third kappa shape index (κ3) is 3.48. The fourth-order valence-corrected chi connectivity index (χ4v) is 2.48. The fraction of sp³-hybridized carbons (Fsp3) is 0.632. The molecule has 2 heterocycles. The fourth-order valence-electron chi connectivity index (χ4n) is 2.48. The van der Waals surface area contributed by atoms with Gasteiger partial charge in [-0.3, -0.25) is 0 Å². The topological polar surface area (TPSA) is 51.2 Å². The van der Waals surface area contributed by atoms with Gasteiger partial charge in [-0.05, 0) is 58.3 Å². The van der Waals surface area contributed by atoms with E-state index in [2.05, 4.69) is 4.74 Å². The normalized spacial score (nSPS) is 39.2. The first-order chi connectivity index (χ1) is 17.5. The first kappa shape index (κ1) is 8.21. The monoisotopic (exact) mass is 374 g/mol. The summed E-state index contributed by atoms with van der Waals surface area (Å²) in [5, 5.41) is 0. The molecule has 0 N–H and O–H groups in total. The van der Waals surface area contributed by atoms with Gasteiger partial charge in [0.15, 0.2) is 0 Å². The summed E-state index contributed by atoms with van der Waals surface area (Å²) in [6.45, 7) is -11.2. The Kier molecular flexibility index (Phi) is 2.17. The summed E-state index contributed by atoms with van der Waals surface area (Å²) < 4.78 is 128. The minimum atomic E-state index is -3.63. The van der Waals surface area contributed by atoms with E-state index in [0.717, 1.165) is 18.2 Å². The first-order valence-electron chi connectivity index (χ1n) is 14.9. The van der Waals surface area contributed by atoms with E-state index < -0.39 is 80.4 Å². The third-order valence-electron chi connectivity index (χ3n) is 4.66. The number of carbonyl (C=O) groups is 1. The Bertz CT molecular complexity index is 1140. The van der Waals surface area contributed by atoms with Crippen molar-refractivity contribution < 1.29 is 38.0 Å². The second-order valence-electron chi connectivity index (χ2n) is 6.87. The Morgan fingerprint density at radius 1 is 1.19 bits per heavy atom. The number of hydrogen-bond donors (Lipinski definition) is 0. The average Bonchev–Trinajstić information content (AvgIpc) is 2.90.